The van der Waals surface area contributed by atoms with Crippen LogP contribution in [0.2, 0.25) is 0 Å². The van der Waals surface area contributed by atoms with E-state index in [4.69, 9.17) is 14.0 Å². The molecular formula is C20H34BNO4. The molecule has 0 saturated carbocycles. The summed E-state index contributed by atoms with van der Waals surface area (Å²) in [6, 6.07) is 0. The van der Waals surface area contributed by atoms with Gasteiger partial charge in [-0.3, -0.25) is 0 Å². The summed E-state index contributed by atoms with van der Waals surface area (Å²) in [7, 11) is -0.263. The minimum atomic E-state index is -0.450. The molecule has 2 fully saturated rings. The fourth-order valence-electron chi connectivity index (χ4n) is 4.12. The number of nitrogens with zero attached hydrogens (tertiary/aromatic N) is 1. The molecule has 0 radical (unpaired) electrons. The van der Waals surface area contributed by atoms with Gasteiger partial charge in [-0.2, -0.15) is 0 Å². The van der Waals surface area contributed by atoms with Crippen LogP contribution in [0.4, 0.5) is 4.79 Å². The molecule has 0 aromatic rings. The smallest absolute Gasteiger partial charge is 0.444 e. The van der Waals surface area contributed by atoms with Crippen LogP contribution in [0.3, 0.4) is 0 Å². The van der Waals surface area contributed by atoms with Crippen LogP contribution >= 0.6 is 0 Å². The standard InChI is InChI=1S/C20H34BNO4/c1-18(2,3)24-17(23)22-12-11-15-14(13-22)9-8-10-16(15)21-25-19(4,5)20(6,7)26-21/h10,14-15H,8-9,11-13H2,1-7H3/t14?,15-/m1/s1. The summed E-state index contributed by atoms with van der Waals surface area (Å²) >= 11 is 0. The lowest BCUT2D eigenvalue weighted by atomic mass is 9.61. The molecule has 0 aromatic carbocycles. The molecule has 2 heterocycles. The van der Waals surface area contributed by atoms with Crippen LogP contribution < -0.4 is 0 Å². The summed E-state index contributed by atoms with van der Waals surface area (Å²) in [5, 5.41) is 0. The van der Waals surface area contributed by atoms with Gasteiger partial charge in [-0.05, 0) is 85.0 Å². The zero-order valence-corrected chi connectivity index (χ0v) is 17.4. The Labute approximate surface area is 158 Å². The van der Waals surface area contributed by atoms with E-state index in [1.165, 1.54) is 5.47 Å². The van der Waals surface area contributed by atoms with Gasteiger partial charge in [0.25, 0.3) is 0 Å². The van der Waals surface area contributed by atoms with Crippen molar-refractivity contribution in [3.05, 3.63) is 11.5 Å². The van der Waals surface area contributed by atoms with E-state index >= 15 is 0 Å². The molecule has 146 valence electrons. The molecule has 2 aliphatic heterocycles. The molecule has 6 heteroatoms. The number of carbonyl (C=O) groups is 1. The molecule has 3 rings (SSSR count). The maximum absolute atomic E-state index is 12.4. The zero-order valence-electron chi connectivity index (χ0n) is 17.4. The Bertz CT molecular complexity index is 577. The van der Waals surface area contributed by atoms with Crippen molar-refractivity contribution in [2.24, 2.45) is 11.8 Å². The van der Waals surface area contributed by atoms with Crippen LogP contribution in [-0.4, -0.2) is 48.0 Å². The average Bonchev–Trinajstić information content (AvgIpc) is 2.72. The molecule has 1 unspecified atom stereocenters. The van der Waals surface area contributed by atoms with Crippen molar-refractivity contribution in [3.63, 3.8) is 0 Å². The number of hydrogen-bond donors (Lipinski definition) is 0. The number of allylic oxidation sites excluding steroid dienone is 2. The lowest BCUT2D eigenvalue weighted by Gasteiger charge is -2.42. The van der Waals surface area contributed by atoms with Crippen LogP contribution in [0.5, 0.6) is 0 Å². The molecule has 0 aromatic heterocycles. The molecule has 1 amide bonds. The first-order chi connectivity index (χ1) is 11.9. The Morgan fingerprint density at radius 1 is 1.19 bits per heavy atom. The van der Waals surface area contributed by atoms with Gasteiger partial charge < -0.3 is 18.9 Å². The minimum Gasteiger partial charge on any atom is -0.444 e. The fraction of sp³-hybridized carbons (Fsp3) is 0.850. The summed E-state index contributed by atoms with van der Waals surface area (Å²) < 4.78 is 18.2. The van der Waals surface area contributed by atoms with E-state index < -0.39 is 5.60 Å². The number of fused-ring (bicyclic) bond motifs is 1. The van der Waals surface area contributed by atoms with Crippen molar-refractivity contribution in [2.75, 3.05) is 13.1 Å². The quantitative estimate of drug-likeness (QED) is 0.655. The van der Waals surface area contributed by atoms with E-state index in [-0.39, 0.29) is 24.4 Å². The molecule has 0 N–H and O–H groups in total. The first-order valence-electron chi connectivity index (χ1n) is 9.93. The van der Waals surface area contributed by atoms with Crippen LogP contribution in [0, 0.1) is 11.8 Å². The van der Waals surface area contributed by atoms with E-state index in [1.54, 1.807) is 0 Å². The Hall–Kier alpha value is -1.01. The largest absolute Gasteiger partial charge is 0.490 e. The minimum absolute atomic E-state index is 0.192. The highest BCUT2D eigenvalue weighted by molar-refractivity contribution is 6.54. The van der Waals surface area contributed by atoms with E-state index in [0.717, 1.165) is 32.4 Å². The fourth-order valence-corrected chi connectivity index (χ4v) is 4.12. The predicted octanol–water partition coefficient (Wildman–Crippen LogP) is 4.21. The maximum Gasteiger partial charge on any atom is 0.490 e. The first kappa shape index (κ1) is 19.7. The second kappa shape index (κ2) is 6.56. The van der Waals surface area contributed by atoms with Crippen LogP contribution in [0.1, 0.15) is 67.7 Å². The predicted molar refractivity (Wildman–Crippen MR) is 103 cm³/mol. The lowest BCUT2D eigenvalue weighted by molar-refractivity contribution is 0.00578. The SMILES string of the molecule is CC(C)(C)OC(=O)N1CC[C@H]2C(B3OC(C)(C)C(C)(C)O3)=CCCC2C1. The molecular weight excluding hydrogens is 329 g/mol. The number of carbonyl (C=O) groups excluding carboxylic acids is 1. The summed E-state index contributed by atoms with van der Waals surface area (Å²) in [6.07, 6.45) is 5.19. The highest BCUT2D eigenvalue weighted by Crippen LogP contribution is 2.44. The number of likely N-dealkylation sites (tertiary alicyclic amines) is 1. The molecule has 5 nitrogen and oxygen atoms in total. The second-order valence-electron chi connectivity index (χ2n) is 9.95. The third-order valence-electron chi connectivity index (χ3n) is 6.26. The molecule has 2 saturated heterocycles. The van der Waals surface area contributed by atoms with Gasteiger partial charge in [-0.25, -0.2) is 4.79 Å². The van der Waals surface area contributed by atoms with Crippen LogP contribution in [-0.2, 0) is 14.0 Å². The monoisotopic (exact) mass is 363 g/mol. The summed E-state index contributed by atoms with van der Waals surface area (Å²) in [6.45, 7) is 15.6. The molecule has 2 atom stereocenters. The van der Waals surface area contributed by atoms with Crippen molar-refractivity contribution in [1.29, 1.82) is 0 Å². The van der Waals surface area contributed by atoms with Crippen molar-refractivity contribution >= 4 is 13.2 Å². The molecule has 0 spiro atoms. The summed E-state index contributed by atoms with van der Waals surface area (Å²) in [5.41, 5.74) is 0.197. The molecule has 1 aliphatic carbocycles. The van der Waals surface area contributed by atoms with Crippen molar-refractivity contribution in [2.45, 2.75) is 84.5 Å². The van der Waals surface area contributed by atoms with E-state index in [1.807, 2.05) is 25.7 Å². The first-order valence-corrected chi connectivity index (χ1v) is 9.93. The Kier molecular flexibility index (Phi) is 4.98. The average molecular weight is 363 g/mol. The summed E-state index contributed by atoms with van der Waals surface area (Å²) in [4.78, 5) is 14.3. The number of ether oxygens (including phenoxy) is 1. The van der Waals surface area contributed by atoms with Gasteiger partial charge in [-0.1, -0.05) is 6.08 Å². The van der Waals surface area contributed by atoms with Gasteiger partial charge >= 0.3 is 13.2 Å². The lowest BCUT2D eigenvalue weighted by Crippen LogP contribution is -2.48. The van der Waals surface area contributed by atoms with Crippen molar-refractivity contribution < 1.29 is 18.8 Å². The molecule has 0 bridgehead atoms. The Morgan fingerprint density at radius 3 is 2.38 bits per heavy atom. The van der Waals surface area contributed by atoms with Gasteiger partial charge in [0.05, 0.1) is 11.2 Å². The number of hydrogen-bond acceptors (Lipinski definition) is 4. The van der Waals surface area contributed by atoms with Gasteiger partial charge in [-0.15, -0.1) is 0 Å². The van der Waals surface area contributed by atoms with E-state index in [9.17, 15) is 4.79 Å². The third-order valence-corrected chi connectivity index (χ3v) is 6.26. The highest BCUT2D eigenvalue weighted by Gasteiger charge is 2.54. The van der Waals surface area contributed by atoms with Crippen LogP contribution in [0.15, 0.2) is 11.5 Å². The summed E-state index contributed by atoms with van der Waals surface area (Å²) in [5.74, 6) is 0.882. The van der Waals surface area contributed by atoms with Gasteiger partial charge in [0.15, 0.2) is 0 Å². The molecule has 3 aliphatic rings. The van der Waals surface area contributed by atoms with Crippen molar-refractivity contribution in [3.8, 4) is 0 Å². The van der Waals surface area contributed by atoms with Gasteiger partial charge in [0.2, 0.25) is 0 Å². The van der Waals surface area contributed by atoms with Crippen LogP contribution in [0.25, 0.3) is 0 Å². The topological polar surface area (TPSA) is 48.0 Å². The normalized spacial score (nSPS) is 30.7. The Morgan fingerprint density at radius 2 is 1.81 bits per heavy atom. The maximum atomic E-state index is 12.4. The zero-order chi connectivity index (χ0) is 19.3. The third kappa shape index (κ3) is 3.82. The van der Waals surface area contributed by atoms with E-state index in [2.05, 4.69) is 33.8 Å². The van der Waals surface area contributed by atoms with Gasteiger partial charge in [0.1, 0.15) is 5.60 Å². The number of amides is 1. The van der Waals surface area contributed by atoms with E-state index in [0.29, 0.717) is 11.8 Å². The van der Waals surface area contributed by atoms with Crippen molar-refractivity contribution in [1.82, 2.24) is 4.90 Å². The Balaban J connectivity index is 1.68. The van der Waals surface area contributed by atoms with Gasteiger partial charge in [0, 0.05) is 13.1 Å². The number of piperidine rings is 1. The molecule has 26 heavy (non-hydrogen) atoms. The number of rotatable bonds is 1. The second-order valence-corrected chi connectivity index (χ2v) is 9.95. The highest BCUT2D eigenvalue weighted by atomic mass is 16.7.